The molecule has 0 aliphatic rings. The van der Waals surface area contributed by atoms with Gasteiger partial charge in [0, 0.05) is 13.1 Å². The summed E-state index contributed by atoms with van der Waals surface area (Å²) in [6, 6.07) is 0. The first-order valence-corrected chi connectivity index (χ1v) is 2.54. The standard InChI is InChI=1S/C5H10N2O2/c1-4(5(8)9)7-3-2-6/h7H,1-3,6H2,(H,8,9). The Morgan fingerprint density at radius 3 is 2.67 bits per heavy atom. The maximum absolute atomic E-state index is 10.0. The Hall–Kier alpha value is -1.03. The van der Waals surface area contributed by atoms with Gasteiger partial charge < -0.3 is 16.2 Å². The van der Waals surface area contributed by atoms with Gasteiger partial charge in [-0.1, -0.05) is 6.58 Å². The maximum atomic E-state index is 10.0. The third kappa shape index (κ3) is 3.54. The molecule has 0 bridgehead atoms. The second-order valence-electron chi connectivity index (χ2n) is 1.50. The summed E-state index contributed by atoms with van der Waals surface area (Å²) in [5, 5.41) is 10.7. The Morgan fingerprint density at radius 1 is 1.78 bits per heavy atom. The molecule has 0 fully saturated rings. The zero-order chi connectivity index (χ0) is 7.28. The van der Waals surface area contributed by atoms with Crippen LogP contribution >= 0.6 is 0 Å². The summed E-state index contributed by atoms with van der Waals surface area (Å²) >= 11 is 0. The number of carbonyl (C=O) groups is 1. The van der Waals surface area contributed by atoms with Crippen molar-refractivity contribution in [3.05, 3.63) is 12.3 Å². The highest BCUT2D eigenvalue weighted by Crippen LogP contribution is 1.79. The van der Waals surface area contributed by atoms with Gasteiger partial charge in [-0.25, -0.2) is 4.79 Å². The van der Waals surface area contributed by atoms with E-state index in [2.05, 4.69) is 11.9 Å². The van der Waals surface area contributed by atoms with Crippen molar-refractivity contribution in [2.75, 3.05) is 13.1 Å². The van der Waals surface area contributed by atoms with Crippen LogP contribution in [0.15, 0.2) is 12.3 Å². The average molecular weight is 130 g/mol. The first kappa shape index (κ1) is 7.97. The molecule has 0 amide bonds. The molecule has 0 rings (SSSR count). The molecule has 0 radical (unpaired) electrons. The smallest absolute Gasteiger partial charge is 0.351 e. The summed E-state index contributed by atoms with van der Waals surface area (Å²) in [4.78, 5) is 10.0. The van der Waals surface area contributed by atoms with E-state index in [-0.39, 0.29) is 5.70 Å². The Kier molecular flexibility index (Phi) is 3.46. The van der Waals surface area contributed by atoms with Gasteiger partial charge in [-0.15, -0.1) is 0 Å². The molecule has 0 unspecified atom stereocenters. The molecule has 0 atom stereocenters. The molecule has 0 spiro atoms. The number of rotatable bonds is 4. The lowest BCUT2D eigenvalue weighted by atomic mass is 10.5. The molecule has 0 aromatic heterocycles. The minimum absolute atomic E-state index is 0.0135. The van der Waals surface area contributed by atoms with Crippen LogP contribution in [0.1, 0.15) is 0 Å². The molecule has 9 heavy (non-hydrogen) atoms. The molecule has 4 N–H and O–H groups in total. The van der Waals surface area contributed by atoms with Crippen molar-refractivity contribution in [1.82, 2.24) is 5.32 Å². The number of carboxylic acids is 1. The van der Waals surface area contributed by atoms with Gasteiger partial charge in [0.25, 0.3) is 0 Å². The summed E-state index contributed by atoms with van der Waals surface area (Å²) < 4.78 is 0. The van der Waals surface area contributed by atoms with Gasteiger partial charge in [-0.3, -0.25) is 0 Å². The molecule has 0 saturated heterocycles. The van der Waals surface area contributed by atoms with Crippen molar-refractivity contribution < 1.29 is 9.90 Å². The van der Waals surface area contributed by atoms with Crippen LogP contribution in [-0.2, 0) is 4.79 Å². The first-order chi connectivity index (χ1) is 4.18. The highest BCUT2D eigenvalue weighted by molar-refractivity contribution is 5.84. The van der Waals surface area contributed by atoms with Gasteiger partial charge in [0.1, 0.15) is 5.70 Å². The quantitative estimate of drug-likeness (QED) is 0.432. The van der Waals surface area contributed by atoms with Crippen LogP contribution in [0.3, 0.4) is 0 Å². The van der Waals surface area contributed by atoms with Gasteiger partial charge in [0.2, 0.25) is 0 Å². The van der Waals surface area contributed by atoms with Crippen molar-refractivity contribution in [1.29, 1.82) is 0 Å². The Morgan fingerprint density at radius 2 is 2.33 bits per heavy atom. The van der Waals surface area contributed by atoms with E-state index in [9.17, 15) is 4.79 Å². The molecule has 0 aromatic rings. The van der Waals surface area contributed by atoms with Crippen molar-refractivity contribution >= 4 is 5.97 Å². The van der Waals surface area contributed by atoms with Crippen molar-refractivity contribution in [3.8, 4) is 0 Å². The molecule has 0 aliphatic carbocycles. The molecular weight excluding hydrogens is 120 g/mol. The van der Waals surface area contributed by atoms with Gasteiger partial charge in [0.05, 0.1) is 0 Å². The summed E-state index contributed by atoms with van der Waals surface area (Å²) in [5.74, 6) is -1.04. The Labute approximate surface area is 53.4 Å². The Balaban J connectivity index is 3.39. The van der Waals surface area contributed by atoms with E-state index in [0.29, 0.717) is 13.1 Å². The van der Waals surface area contributed by atoms with Gasteiger partial charge in [-0.2, -0.15) is 0 Å². The predicted octanol–water partition coefficient (Wildman–Crippen LogP) is -0.867. The van der Waals surface area contributed by atoms with Crippen LogP contribution in [0.2, 0.25) is 0 Å². The largest absolute Gasteiger partial charge is 0.477 e. The molecule has 4 heteroatoms. The third-order valence-electron chi connectivity index (χ3n) is 0.741. The van der Waals surface area contributed by atoms with Crippen molar-refractivity contribution in [2.24, 2.45) is 5.73 Å². The van der Waals surface area contributed by atoms with E-state index in [1.54, 1.807) is 0 Å². The fraction of sp³-hybridized carbons (Fsp3) is 0.400. The zero-order valence-electron chi connectivity index (χ0n) is 5.05. The van der Waals surface area contributed by atoms with Crippen LogP contribution in [0.5, 0.6) is 0 Å². The fourth-order valence-corrected chi connectivity index (χ4v) is 0.299. The highest BCUT2D eigenvalue weighted by Gasteiger charge is 1.99. The Bertz CT molecular complexity index is 122. The molecule has 0 saturated carbocycles. The zero-order valence-corrected chi connectivity index (χ0v) is 5.05. The number of hydrogen-bond acceptors (Lipinski definition) is 3. The van der Waals surface area contributed by atoms with Crippen LogP contribution in [0.25, 0.3) is 0 Å². The lowest BCUT2D eigenvalue weighted by molar-refractivity contribution is -0.133. The molecule has 0 aromatic carbocycles. The first-order valence-electron chi connectivity index (χ1n) is 2.54. The fourth-order valence-electron chi connectivity index (χ4n) is 0.299. The number of nitrogens with two attached hydrogens (primary N) is 1. The van der Waals surface area contributed by atoms with Crippen LogP contribution in [-0.4, -0.2) is 24.2 Å². The molecule has 0 aliphatic heterocycles. The molecule has 4 nitrogen and oxygen atoms in total. The maximum Gasteiger partial charge on any atom is 0.351 e. The predicted molar refractivity (Wildman–Crippen MR) is 33.8 cm³/mol. The summed E-state index contributed by atoms with van der Waals surface area (Å²) in [7, 11) is 0. The van der Waals surface area contributed by atoms with Gasteiger partial charge >= 0.3 is 5.97 Å². The van der Waals surface area contributed by atoms with E-state index in [4.69, 9.17) is 10.8 Å². The lowest BCUT2D eigenvalue weighted by Crippen LogP contribution is -2.25. The number of carboxylic acid groups (broad SMARTS) is 1. The lowest BCUT2D eigenvalue weighted by Gasteiger charge is -2.00. The second kappa shape index (κ2) is 3.91. The highest BCUT2D eigenvalue weighted by atomic mass is 16.4. The van der Waals surface area contributed by atoms with E-state index in [0.717, 1.165) is 0 Å². The van der Waals surface area contributed by atoms with Crippen LogP contribution in [0, 0.1) is 0 Å². The van der Waals surface area contributed by atoms with Crippen LogP contribution < -0.4 is 11.1 Å². The number of nitrogens with one attached hydrogen (secondary N) is 1. The van der Waals surface area contributed by atoms with Crippen LogP contribution in [0.4, 0.5) is 0 Å². The van der Waals surface area contributed by atoms with Crippen molar-refractivity contribution in [3.63, 3.8) is 0 Å². The van der Waals surface area contributed by atoms with E-state index in [1.807, 2.05) is 0 Å². The van der Waals surface area contributed by atoms with Gasteiger partial charge in [0.15, 0.2) is 0 Å². The normalized spacial score (nSPS) is 8.56. The summed E-state index contributed by atoms with van der Waals surface area (Å²) in [6.45, 7) is 4.08. The van der Waals surface area contributed by atoms with Crippen molar-refractivity contribution in [2.45, 2.75) is 0 Å². The summed E-state index contributed by atoms with van der Waals surface area (Å²) in [5.41, 5.74) is 5.07. The molecule has 0 heterocycles. The average Bonchev–Trinajstić information content (AvgIpc) is 1.82. The monoisotopic (exact) mass is 130 g/mol. The SMILES string of the molecule is C=C(NCCN)C(=O)O. The molecular formula is C5H10N2O2. The third-order valence-corrected chi connectivity index (χ3v) is 0.741. The second-order valence-corrected chi connectivity index (χ2v) is 1.50. The number of hydrogen-bond donors (Lipinski definition) is 3. The number of aliphatic carboxylic acids is 1. The van der Waals surface area contributed by atoms with Gasteiger partial charge in [-0.05, 0) is 0 Å². The van der Waals surface area contributed by atoms with E-state index < -0.39 is 5.97 Å². The molecule has 52 valence electrons. The minimum atomic E-state index is -1.04. The van der Waals surface area contributed by atoms with E-state index in [1.165, 1.54) is 0 Å². The van der Waals surface area contributed by atoms with E-state index >= 15 is 0 Å². The minimum Gasteiger partial charge on any atom is -0.477 e. The topological polar surface area (TPSA) is 75.3 Å². The summed E-state index contributed by atoms with van der Waals surface area (Å²) in [6.07, 6.45) is 0.